The molecule has 1 aliphatic carbocycles. The molecule has 7 heteroatoms. The summed E-state index contributed by atoms with van der Waals surface area (Å²) in [5.74, 6) is 0.476. The monoisotopic (exact) mass is 1370 g/mol. The van der Waals surface area contributed by atoms with Gasteiger partial charge in [-0.05, 0) is 112 Å². The number of furan rings is 1. The molecule has 10 aromatic carbocycles. The van der Waals surface area contributed by atoms with Crippen molar-refractivity contribution in [2.24, 2.45) is 0 Å². The standard InChI is InChI=1S/C83H80BN3O.2Cd/c1-52-47-57(54-23-18-19-24-54)48-71-77(52)87(63-42-35-59(36-43-63)81(6,7)8)78-53(2)69(83(12,13)14)51-74-76(78)84(71)70-45-44-64(50-73(70)86(74)62-38-31-56(32-39-62)65-28-22-29-67-66-27-20-21-30-75(66)88-79(65)67)85(61-40-33-58(34-41-61)80(3,4)5)72-46-37-60(82(9,10)11)49-68(72)55-25-16-15-17-26-55;;/h15-17,20-22,25-41,44-51,54H,1-2,18-19,23-24H2,3-14H3;;/q-4;2*+2. The normalized spacial score (nSPS) is 14.1. The van der Waals surface area contributed by atoms with Gasteiger partial charge in [0, 0.05) is 50.3 Å². The van der Waals surface area contributed by atoms with Crippen LogP contribution < -0.4 is 31.1 Å². The van der Waals surface area contributed by atoms with Gasteiger partial charge >= 0.3 is 54.6 Å². The number of hydrogen-bond donors (Lipinski definition) is 0. The summed E-state index contributed by atoms with van der Waals surface area (Å²) >= 11 is 0. The molecule has 90 heavy (non-hydrogen) atoms. The fourth-order valence-electron chi connectivity index (χ4n) is 14.5. The van der Waals surface area contributed by atoms with Crippen LogP contribution in [-0.2, 0) is 76.3 Å². The summed E-state index contributed by atoms with van der Waals surface area (Å²) in [6.07, 6.45) is 4.86. The third-order valence-electron chi connectivity index (χ3n) is 19.2. The first kappa shape index (κ1) is 63.2. The molecule has 4 nitrogen and oxygen atoms in total. The number of fused-ring (bicyclic) bond motifs is 7. The Hall–Kier alpha value is -6.95. The van der Waals surface area contributed by atoms with E-state index in [9.17, 15) is 0 Å². The zero-order valence-corrected chi connectivity index (χ0v) is 63.0. The van der Waals surface area contributed by atoms with Crippen LogP contribution in [0, 0.1) is 26.0 Å². The van der Waals surface area contributed by atoms with Crippen molar-refractivity contribution >= 4 is 96.2 Å². The Morgan fingerprint density at radius 1 is 0.511 bits per heavy atom. The molecule has 0 saturated heterocycles. The van der Waals surface area contributed by atoms with Gasteiger partial charge in [-0.3, -0.25) is 17.7 Å². The van der Waals surface area contributed by atoms with Crippen molar-refractivity contribution in [1.29, 1.82) is 0 Å². The molecule has 14 rings (SSSR count). The van der Waals surface area contributed by atoms with E-state index in [1.807, 2.05) is 6.07 Å². The van der Waals surface area contributed by atoms with Crippen LogP contribution in [0.15, 0.2) is 192 Å². The van der Waals surface area contributed by atoms with Crippen molar-refractivity contribution in [3.63, 3.8) is 0 Å². The zero-order valence-electron chi connectivity index (χ0n) is 55.0. The molecule has 440 valence electrons. The molecule has 1 fully saturated rings. The summed E-state index contributed by atoms with van der Waals surface area (Å²) in [6, 6.07) is 78.3. The molecule has 2 aliphatic heterocycles. The molecule has 0 radical (unpaired) electrons. The largest absolute Gasteiger partial charge is 2.00 e. The summed E-state index contributed by atoms with van der Waals surface area (Å²) in [5.41, 5.74) is 27.5. The van der Waals surface area contributed by atoms with Crippen molar-refractivity contribution in [3.05, 3.63) is 253 Å². The average molecular weight is 1370 g/mol. The van der Waals surface area contributed by atoms with Gasteiger partial charge in [-0.25, -0.2) is 5.69 Å². The molecule has 0 bridgehead atoms. The Morgan fingerprint density at radius 3 is 1.80 bits per heavy atom. The summed E-state index contributed by atoms with van der Waals surface area (Å²) < 4.78 is 6.68. The fourth-order valence-corrected chi connectivity index (χ4v) is 14.5. The molecule has 11 aromatic rings. The summed E-state index contributed by atoms with van der Waals surface area (Å²) in [7, 11) is 0. The number of hydrogen-bond acceptors (Lipinski definition) is 4. The minimum absolute atomic E-state index is 0. The number of benzene rings is 10. The van der Waals surface area contributed by atoms with Gasteiger partial charge < -0.3 is 31.2 Å². The van der Waals surface area contributed by atoms with Crippen LogP contribution in [0.25, 0.3) is 44.2 Å². The zero-order chi connectivity index (χ0) is 61.3. The molecule has 0 spiro atoms. The van der Waals surface area contributed by atoms with Crippen molar-refractivity contribution in [2.45, 2.75) is 136 Å². The molecule has 3 aliphatic rings. The molecular formula is C83H80BCd2N3O. The Labute approximate surface area is 576 Å². The fraction of sp³-hybridized carbons (Fsp3) is 0.253. The first-order valence-corrected chi connectivity index (χ1v) is 31.8. The van der Waals surface area contributed by atoms with Crippen LogP contribution in [0.5, 0.6) is 0 Å². The number of anilines is 9. The minimum Gasteiger partial charge on any atom is -0.463 e. The maximum Gasteiger partial charge on any atom is 2.00 e. The SMILES string of the molecule is [CH2-]c1cc(C2CCCC2)cc2c1N(c1[c-]cc(C(C)(C)C)c[c-]1)c1c([CH2-])c(C(C)(C)C)cc3c1B2c1ccc(N(c2ccc(C(C)(C)C)cc2)c2ccc(C(C)(C)C)cc2-c2ccccc2)cc1N3c1ccc(-c2cccc3c2oc2ccccc23)cc1.[Cd+2].[Cd+2]. The van der Waals surface area contributed by atoms with E-state index in [4.69, 9.17) is 18.3 Å². The Morgan fingerprint density at radius 2 is 1.13 bits per heavy atom. The number of nitrogens with zero attached hydrogens (tertiary/aromatic N) is 3. The van der Waals surface area contributed by atoms with Gasteiger partial charge in [0.1, 0.15) is 11.2 Å². The molecule has 1 aromatic heterocycles. The minimum atomic E-state index is -0.292. The van der Waals surface area contributed by atoms with Crippen LogP contribution in [0.4, 0.5) is 51.2 Å². The van der Waals surface area contributed by atoms with Gasteiger partial charge in [-0.2, -0.15) is 31.0 Å². The number of para-hydroxylation sites is 2. The Kier molecular flexibility index (Phi) is 16.6. The second-order valence-corrected chi connectivity index (χ2v) is 29.3. The maximum atomic E-state index is 6.68. The van der Waals surface area contributed by atoms with E-state index >= 15 is 0 Å². The van der Waals surface area contributed by atoms with Crippen LogP contribution in [0.2, 0.25) is 0 Å². The van der Waals surface area contributed by atoms with E-state index in [1.54, 1.807) is 0 Å². The molecular weight excluding hydrogens is 1290 g/mol. The molecule has 3 heterocycles. The van der Waals surface area contributed by atoms with Crippen LogP contribution in [0.1, 0.15) is 154 Å². The molecule has 0 unspecified atom stereocenters. The second kappa shape index (κ2) is 23.6. The molecule has 0 N–H and O–H groups in total. The predicted molar refractivity (Wildman–Crippen MR) is 376 cm³/mol. The molecule has 0 amide bonds. The number of rotatable bonds is 8. The van der Waals surface area contributed by atoms with E-state index in [-0.39, 0.29) is 83.0 Å². The van der Waals surface area contributed by atoms with Crippen molar-refractivity contribution in [3.8, 4) is 22.3 Å². The Balaban J connectivity index is 0.00000392. The summed E-state index contributed by atoms with van der Waals surface area (Å²) in [6.45, 7) is 37.6. The second-order valence-electron chi connectivity index (χ2n) is 29.3. The van der Waals surface area contributed by atoms with E-state index in [2.05, 4.69) is 292 Å². The van der Waals surface area contributed by atoms with Gasteiger partial charge in [-0.1, -0.05) is 233 Å². The first-order valence-electron chi connectivity index (χ1n) is 31.8. The Bertz CT molecular complexity index is 4510. The van der Waals surface area contributed by atoms with E-state index in [0.717, 1.165) is 95.4 Å². The van der Waals surface area contributed by atoms with Gasteiger partial charge in [-0.15, -0.1) is 22.0 Å². The molecule has 0 atom stereocenters. The third-order valence-corrected chi connectivity index (χ3v) is 19.2. The summed E-state index contributed by atoms with van der Waals surface area (Å²) in [4.78, 5) is 7.52. The topological polar surface area (TPSA) is 22.9 Å². The van der Waals surface area contributed by atoms with E-state index in [0.29, 0.717) is 5.92 Å². The first-order chi connectivity index (χ1) is 42.0. The van der Waals surface area contributed by atoms with Crippen molar-refractivity contribution in [2.75, 3.05) is 14.7 Å². The van der Waals surface area contributed by atoms with Crippen LogP contribution in [-0.4, -0.2) is 6.71 Å². The quantitative estimate of drug-likeness (QED) is 0.112. The summed E-state index contributed by atoms with van der Waals surface area (Å²) in [5, 5.41) is 2.24. The molecule has 1 saturated carbocycles. The average Bonchev–Trinajstić information content (AvgIpc) is 1.38. The van der Waals surface area contributed by atoms with Gasteiger partial charge in [0.05, 0.1) is 5.69 Å². The van der Waals surface area contributed by atoms with Gasteiger partial charge in [0.15, 0.2) is 0 Å². The van der Waals surface area contributed by atoms with E-state index < -0.39 is 0 Å². The van der Waals surface area contributed by atoms with Crippen LogP contribution in [0.3, 0.4) is 0 Å². The third kappa shape index (κ3) is 11.0. The smallest absolute Gasteiger partial charge is 0.463 e. The van der Waals surface area contributed by atoms with Gasteiger partial charge in [0.2, 0.25) is 6.71 Å². The van der Waals surface area contributed by atoms with Gasteiger partial charge in [0.25, 0.3) is 0 Å². The van der Waals surface area contributed by atoms with Crippen molar-refractivity contribution in [1.82, 2.24) is 0 Å². The maximum absolute atomic E-state index is 6.68. The van der Waals surface area contributed by atoms with Crippen molar-refractivity contribution < 1.29 is 59.0 Å². The predicted octanol–water partition coefficient (Wildman–Crippen LogP) is 21.3. The van der Waals surface area contributed by atoms with E-state index in [1.165, 1.54) is 81.0 Å². The van der Waals surface area contributed by atoms with Crippen LogP contribution >= 0.6 is 0 Å².